The lowest BCUT2D eigenvalue weighted by molar-refractivity contribution is 0.243. The van der Waals surface area contributed by atoms with Crippen molar-refractivity contribution in [3.8, 4) is 16.2 Å². The number of hydrogen-bond acceptors (Lipinski definition) is 3. The fourth-order valence-corrected chi connectivity index (χ4v) is 2.79. The molecule has 18 heavy (non-hydrogen) atoms. The van der Waals surface area contributed by atoms with E-state index in [1.165, 1.54) is 16.0 Å². The van der Waals surface area contributed by atoms with Gasteiger partial charge >= 0.3 is 0 Å². The van der Waals surface area contributed by atoms with E-state index >= 15 is 0 Å². The van der Waals surface area contributed by atoms with E-state index in [4.69, 9.17) is 4.74 Å². The molecule has 0 unspecified atom stereocenters. The summed E-state index contributed by atoms with van der Waals surface area (Å²) in [4.78, 5) is 1.26. The first-order chi connectivity index (χ1) is 8.70. The van der Waals surface area contributed by atoms with E-state index in [-0.39, 0.29) is 6.10 Å². The lowest BCUT2D eigenvalue weighted by Gasteiger charge is -2.13. The van der Waals surface area contributed by atoms with Gasteiger partial charge in [-0.3, -0.25) is 0 Å². The van der Waals surface area contributed by atoms with Gasteiger partial charge in [-0.1, -0.05) is 12.1 Å². The molecule has 0 aliphatic carbocycles. The van der Waals surface area contributed by atoms with Crippen molar-refractivity contribution in [2.24, 2.45) is 0 Å². The minimum absolute atomic E-state index is 0.197. The zero-order chi connectivity index (χ0) is 13.0. The Morgan fingerprint density at radius 3 is 2.78 bits per heavy atom. The van der Waals surface area contributed by atoms with E-state index < -0.39 is 0 Å². The topological polar surface area (TPSA) is 21.3 Å². The molecule has 96 valence electrons. The zero-order valence-electron chi connectivity index (χ0n) is 11.1. The van der Waals surface area contributed by atoms with Crippen LogP contribution in [0, 0.1) is 0 Å². The van der Waals surface area contributed by atoms with Crippen LogP contribution < -0.4 is 10.1 Å². The molecule has 1 heterocycles. The molecule has 0 saturated heterocycles. The number of ether oxygens (including phenoxy) is 1. The standard InChI is InChI=1S/C15H19NOS/c1-11(2)17-14-7-5-4-6-13(14)15-8-12(9-16-3)10-18-15/h4-8,10-11,16H,9H2,1-3H3. The van der Waals surface area contributed by atoms with Gasteiger partial charge in [0.25, 0.3) is 0 Å². The van der Waals surface area contributed by atoms with Gasteiger partial charge in [0, 0.05) is 17.0 Å². The van der Waals surface area contributed by atoms with Gasteiger partial charge in [-0.25, -0.2) is 0 Å². The average molecular weight is 261 g/mol. The number of benzene rings is 1. The van der Waals surface area contributed by atoms with Crippen LogP contribution in [0.4, 0.5) is 0 Å². The van der Waals surface area contributed by atoms with Crippen molar-refractivity contribution in [1.82, 2.24) is 5.32 Å². The van der Waals surface area contributed by atoms with Crippen molar-refractivity contribution < 1.29 is 4.74 Å². The Bertz CT molecular complexity index is 505. The second-order valence-electron chi connectivity index (χ2n) is 4.51. The van der Waals surface area contributed by atoms with Crippen molar-refractivity contribution in [3.63, 3.8) is 0 Å². The van der Waals surface area contributed by atoms with Gasteiger partial charge in [0.2, 0.25) is 0 Å². The summed E-state index contributed by atoms with van der Waals surface area (Å²) in [5.74, 6) is 0.963. The number of hydrogen-bond donors (Lipinski definition) is 1. The molecule has 1 aromatic heterocycles. The predicted octanol–water partition coefficient (Wildman–Crippen LogP) is 3.92. The molecule has 0 aliphatic heterocycles. The highest BCUT2D eigenvalue weighted by Gasteiger charge is 2.09. The fourth-order valence-electron chi connectivity index (χ4n) is 1.84. The van der Waals surface area contributed by atoms with E-state index in [0.29, 0.717) is 0 Å². The summed E-state index contributed by atoms with van der Waals surface area (Å²) in [5.41, 5.74) is 2.50. The molecule has 0 spiro atoms. The predicted molar refractivity (Wildman–Crippen MR) is 78.3 cm³/mol. The van der Waals surface area contributed by atoms with E-state index in [1.54, 1.807) is 11.3 Å². The second-order valence-corrected chi connectivity index (χ2v) is 5.42. The fraction of sp³-hybridized carbons (Fsp3) is 0.333. The molecule has 1 aromatic carbocycles. The quantitative estimate of drug-likeness (QED) is 0.880. The van der Waals surface area contributed by atoms with Crippen LogP contribution in [-0.2, 0) is 6.54 Å². The molecule has 0 amide bonds. The Labute approximate surface area is 113 Å². The SMILES string of the molecule is CNCc1csc(-c2ccccc2OC(C)C)c1. The molecule has 0 radical (unpaired) electrons. The zero-order valence-corrected chi connectivity index (χ0v) is 11.9. The van der Waals surface area contributed by atoms with Gasteiger partial charge in [-0.05, 0) is 50.0 Å². The molecule has 0 saturated carbocycles. The van der Waals surface area contributed by atoms with Gasteiger partial charge in [0.05, 0.1) is 6.10 Å². The van der Waals surface area contributed by atoms with Crippen LogP contribution in [0.2, 0.25) is 0 Å². The Kier molecular flexibility index (Phi) is 4.39. The van der Waals surface area contributed by atoms with Crippen LogP contribution in [0.25, 0.3) is 10.4 Å². The largest absolute Gasteiger partial charge is 0.490 e. The first-order valence-corrected chi connectivity index (χ1v) is 7.06. The maximum absolute atomic E-state index is 5.86. The van der Waals surface area contributed by atoms with Crippen LogP contribution in [0.1, 0.15) is 19.4 Å². The Balaban J connectivity index is 2.30. The number of thiophene rings is 1. The third-order valence-corrected chi connectivity index (χ3v) is 3.56. The Morgan fingerprint density at radius 1 is 1.28 bits per heavy atom. The summed E-state index contributed by atoms with van der Waals surface area (Å²) in [6.07, 6.45) is 0.197. The Hall–Kier alpha value is -1.32. The van der Waals surface area contributed by atoms with E-state index in [9.17, 15) is 0 Å². The molecule has 0 atom stereocenters. The third kappa shape index (κ3) is 3.12. The van der Waals surface area contributed by atoms with E-state index in [1.807, 2.05) is 19.2 Å². The monoisotopic (exact) mass is 261 g/mol. The molecule has 2 rings (SSSR count). The molecule has 0 fully saturated rings. The lowest BCUT2D eigenvalue weighted by atomic mass is 10.1. The smallest absolute Gasteiger partial charge is 0.128 e. The summed E-state index contributed by atoms with van der Waals surface area (Å²) in [6, 6.07) is 10.5. The highest BCUT2D eigenvalue weighted by molar-refractivity contribution is 7.13. The van der Waals surface area contributed by atoms with Crippen LogP contribution in [0.5, 0.6) is 5.75 Å². The molecule has 1 N–H and O–H groups in total. The average Bonchev–Trinajstić information content (AvgIpc) is 2.78. The van der Waals surface area contributed by atoms with Gasteiger partial charge in [-0.2, -0.15) is 0 Å². The first-order valence-electron chi connectivity index (χ1n) is 6.18. The van der Waals surface area contributed by atoms with Crippen LogP contribution in [0.15, 0.2) is 35.7 Å². The molecular weight excluding hydrogens is 242 g/mol. The van der Waals surface area contributed by atoms with Crippen molar-refractivity contribution >= 4 is 11.3 Å². The molecular formula is C15H19NOS. The number of para-hydroxylation sites is 1. The molecule has 0 aliphatic rings. The normalized spacial score (nSPS) is 10.9. The van der Waals surface area contributed by atoms with Crippen molar-refractivity contribution in [1.29, 1.82) is 0 Å². The number of nitrogens with one attached hydrogen (secondary N) is 1. The van der Waals surface area contributed by atoms with Gasteiger partial charge < -0.3 is 10.1 Å². The highest BCUT2D eigenvalue weighted by atomic mass is 32.1. The molecule has 3 heteroatoms. The Morgan fingerprint density at radius 2 is 2.06 bits per heavy atom. The van der Waals surface area contributed by atoms with E-state index in [0.717, 1.165) is 12.3 Å². The minimum Gasteiger partial charge on any atom is -0.490 e. The lowest BCUT2D eigenvalue weighted by Crippen LogP contribution is -2.06. The van der Waals surface area contributed by atoms with Crippen LogP contribution in [-0.4, -0.2) is 13.2 Å². The maximum Gasteiger partial charge on any atom is 0.128 e. The third-order valence-electron chi connectivity index (χ3n) is 2.55. The molecule has 2 aromatic rings. The molecule has 0 bridgehead atoms. The van der Waals surface area contributed by atoms with Gasteiger partial charge in [0.1, 0.15) is 5.75 Å². The van der Waals surface area contributed by atoms with Gasteiger partial charge in [0.15, 0.2) is 0 Å². The summed E-state index contributed by atoms with van der Waals surface area (Å²) >= 11 is 1.76. The second kappa shape index (κ2) is 6.03. The molecule has 2 nitrogen and oxygen atoms in total. The summed E-state index contributed by atoms with van der Waals surface area (Å²) in [6.45, 7) is 5.01. The first kappa shape index (κ1) is 13.1. The summed E-state index contributed by atoms with van der Waals surface area (Å²) < 4.78 is 5.86. The highest BCUT2D eigenvalue weighted by Crippen LogP contribution is 2.34. The van der Waals surface area contributed by atoms with E-state index in [2.05, 4.69) is 42.7 Å². The van der Waals surface area contributed by atoms with Crippen molar-refractivity contribution in [2.45, 2.75) is 26.5 Å². The van der Waals surface area contributed by atoms with Gasteiger partial charge in [-0.15, -0.1) is 11.3 Å². The van der Waals surface area contributed by atoms with Crippen LogP contribution >= 0.6 is 11.3 Å². The summed E-state index contributed by atoms with van der Waals surface area (Å²) in [7, 11) is 1.97. The minimum atomic E-state index is 0.197. The number of rotatable bonds is 5. The summed E-state index contributed by atoms with van der Waals surface area (Å²) in [5, 5.41) is 5.36. The van der Waals surface area contributed by atoms with Crippen molar-refractivity contribution in [2.75, 3.05) is 7.05 Å². The maximum atomic E-state index is 5.86. The van der Waals surface area contributed by atoms with Crippen molar-refractivity contribution in [3.05, 3.63) is 41.3 Å². The van der Waals surface area contributed by atoms with Crippen LogP contribution in [0.3, 0.4) is 0 Å².